The fraction of sp³-hybridized carbons (Fsp3) is 0.815. The summed E-state index contributed by atoms with van der Waals surface area (Å²) in [6, 6.07) is -2.34. The Hall–Kier alpha value is -1.87. The Morgan fingerprint density at radius 1 is 0.946 bits per heavy atom. The molecule has 2 aliphatic heterocycles. The van der Waals surface area contributed by atoms with E-state index in [1.54, 1.807) is 13.8 Å². The molecule has 0 aromatic carbocycles. The molecule has 10 heteroatoms. The van der Waals surface area contributed by atoms with Crippen LogP contribution in [0.5, 0.6) is 0 Å². The van der Waals surface area contributed by atoms with Crippen LogP contribution in [0, 0.1) is 17.3 Å². The first-order valence-electron chi connectivity index (χ1n) is 13.6. The maximum atomic E-state index is 13.5. The number of hydrogen-bond donors (Lipinski definition) is 2. The topological polar surface area (TPSA) is 116 Å². The van der Waals surface area contributed by atoms with Crippen molar-refractivity contribution in [2.45, 2.75) is 105 Å². The Bertz CT molecular complexity index is 845. The van der Waals surface area contributed by atoms with Crippen LogP contribution in [0.25, 0.3) is 0 Å². The van der Waals surface area contributed by atoms with Gasteiger partial charge in [-0.25, -0.2) is 0 Å². The number of likely N-dealkylation sites (tertiary alicyclic amines) is 1. The van der Waals surface area contributed by atoms with Gasteiger partial charge >= 0.3 is 0 Å². The molecule has 2 heterocycles. The number of Topliss-reactive ketones (excluding diaryl/α,β-unsaturated/α-hetero) is 1. The van der Waals surface area contributed by atoms with Gasteiger partial charge in [-0.15, -0.1) is 0 Å². The van der Waals surface area contributed by atoms with Gasteiger partial charge in [0.2, 0.25) is 23.5 Å². The Balaban J connectivity index is 0. The smallest absolute Gasteiger partial charge is 0.292 e. The second kappa shape index (κ2) is 14.3. The molecule has 4 amide bonds. The summed E-state index contributed by atoms with van der Waals surface area (Å²) in [5.41, 5.74) is -0.541. The summed E-state index contributed by atoms with van der Waals surface area (Å²) in [5.74, 6) is -1.94. The standard InChI is InChI=1S/C24H38N4O5.C3H8.V.2H2/c1-14(2)20(30)26-19(24(3,4)5)23(33)28-10-6-7-17(28)21(31)25-16(13-15-8-9-15)18(29)22(32)27-11-12-27;1-3-2;;;/h14-17,19H,6-13H2,1-5H3,(H,25,31)(H,26,30);3H2,1-2H3;;2*1H/t16?,17-,19+;;;;/m0..../s1. The van der Waals surface area contributed by atoms with Crippen molar-refractivity contribution in [1.82, 2.24) is 20.4 Å². The van der Waals surface area contributed by atoms with Crippen molar-refractivity contribution in [2.24, 2.45) is 17.3 Å². The van der Waals surface area contributed by atoms with E-state index in [0.717, 1.165) is 12.8 Å². The molecular formula is C27H50N4O5V. The van der Waals surface area contributed by atoms with Gasteiger partial charge in [-0.05, 0) is 30.6 Å². The predicted molar refractivity (Wildman–Crippen MR) is 142 cm³/mol. The minimum atomic E-state index is -0.852. The van der Waals surface area contributed by atoms with E-state index >= 15 is 0 Å². The molecule has 0 bridgehead atoms. The number of carbonyl (C=O) groups excluding carboxylic acids is 5. The van der Waals surface area contributed by atoms with Crippen LogP contribution < -0.4 is 10.6 Å². The number of rotatable bonds is 9. The molecule has 3 rings (SSSR count). The Morgan fingerprint density at radius 3 is 1.97 bits per heavy atom. The van der Waals surface area contributed by atoms with E-state index in [-0.39, 0.29) is 39.1 Å². The summed E-state index contributed by atoms with van der Waals surface area (Å²) in [6.45, 7) is 15.0. The van der Waals surface area contributed by atoms with E-state index in [0.29, 0.717) is 44.8 Å². The third-order valence-corrected chi connectivity index (χ3v) is 6.61. The van der Waals surface area contributed by atoms with Gasteiger partial charge in [-0.3, -0.25) is 24.0 Å². The molecule has 3 atom stereocenters. The number of hydrogen-bond acceptors (Lipinski definition) is 5. The van der Waals surface area contributed by atoms with Crippen LogP contribution in [-0.4, -0.2) is 77.0 Å². The van der Waals surface area contributed by atoms with Crippen molar-refractivity contribution in [2.75, 3.05) is 19.6 Å². The Kier molecular flexibility index (Phi) is 12.8. The van der Waals surface area contributed by atoms with Gasteiger partial charge in [0, 0.05) is 47.0 Å². The van der Waals surface area contributed by atoms with Gasteiger partial charge in [0.15, 0.2) is 0 Å². The van der Waals surface area contributed by atoms with Gasteiger partial charge < -0.3 is 20.4 Å². The molecule has 9 nitrogen and oxygen atoms in total. The number of carbonyl (C=O) groups is 5. The number of ketones is 1. The zero-order valence-electron chi connectivity index (χ0n) is 23.6. The molecular weight excluding hydrogens is 511 g/mol. The zero-order chi connectivity index (χ0) is 27.2. The summed E-state index contributed by atoms with van der Waals surface area (Å²) >= 11 is 0. The molecule has 2 N–H and O–H groups in total. The molecule has 2 saturated heterocycles. The summed E-state index contributed by atoms with van der Waals surface area (Å²) < 4.78 is 0. The SMILES string of the molecule is CC(C)C(=O)N[C@H](C(=O)N1CCC[C@H]1C(=O)NC(CC1CC1)C(=O)C(=O)N1CC1)C(C)(C)C.CCC.[HH].[HH].[V]. The van der Waals surface area contributed by atoms with E-state index in [1.807, 2.05) is 20.8 Å². The van der Waals surface area contributed by atoms with Crippen LogP contribution in [0.15, 0.2) is 0 Å². The van der Waals surface area contributed by atoms with Gasteiger partial charge in [0.05, 0.1) is 6.04 Å². The van der Waals surface area contributed by atoms with Crippen LogP contribution in [0.2, 0.25) is 0 Å². The van der Waals surface area contributed by atoms with Crippen molar-refractivity contribution in [3.8, 4) is 0 Å². The molecule has 1 unspecified atom stereocenters. The monoisotopic (exact) mass is 561 g/mol. The van der Waals surface area contributed by atoms with E-state index in [2.05, 4.69) is 24.5 Å². The summed E-state index contributed by atoms with van der Waals surface area (Å²) in [6.07, 6.45) is 4.84. The third-order valence-electron chi connectivity index (χ3n) is 6.61. The van der Waals surface area contributed by atoms with Crippen molar-refractivity contribution >= 4 is 29.4 Å². The zero-order valence-corrected chi connectivity index (χ0v) is 25.0. The summed E-state index contributed by atoms with van der Waals surface area (Å²) in [5, 5.41) is 5.65. The van der Waals surface area contributed by atoms with E-state index in [1.165, 1.54) is 16.2 Å². The second-order valence-corrected chi connectivity index (χ2v) is 11.8. The molecule has 0 aromatic heterocycles. The van der Waals surface area contributed by atoms with Crippen LogP contribution in [0.4, 0.5) is 0 Å². The quantitative estimate of drug-likeness (QED) is 0.332. The maximum absolute atomic E-state index is 13.5. The van der Waals surface area contributed by atoms with Gasteiger partial charge in [0.1, 0.15) is 12.1 Å². The van der Waals surface area contributed by atoms with Crippen molar-refractivity contribution in [1.29, 1.82) is 0 Å². The average Bonchev–Trinajstić information content (AvgIpc) is 3.73. The number of amides is 4. The number of nitrogens with one attached hydrogen (secondary N) is 2. The summed E-state index contributed by atoms with van der Waals surface area (Å²) in [7, 11) is 0. The Labute approximate surface area is 237 Å². The fourth-order valence-corrected chi connectivity index (χ4v) is 4.17. The predicted octanol–water partition coefficient (Wildman–Crippen LogP) is 2.77. The Morgan fingerprint density at radius 2 is 1.51 bits per heavy atom. The summed E-state index contributed by atoms with van der Waals surface area (Å²) in [4.78, 5) is 67.1. The number of nitrogens with zero attached hydrogens (tertiary/aromatic N) is 2. The van der Waals surface area contributed by atoms with Crippen molar-refractivity contribution in [3.05, 3.63) is 0 Å². The molecule has 37 heavy (non-hydrogen) atoms. The first kappa shape index (κ1) is 33.2. The molecule has 1 saturated carbocycles. The van der Waals surface area contributed by atoms with Gasteiger partial charge in [-0.1, -0.05) is 67.7 Å². The molecule has 213 valence electrons. The van der Waals surface area contributed by atoms with Gasteiger partial charge in [0.25, 0.3) is 5.91 Å². The maximum Gasteiger partial charge on any atom is 0.292 e. The van der Waals surface area contributed by atoms with Crippen LogP contribution in [-0.2, 0) is 42.5 Å². The minimum Gasteiger partial charge on any atom is -0.344 e. The minimum absolute atomic E-state index is 0. The molecule has 3 fully saturated rings. The third kappa shape index (κ3) is 9.75. The first-order valence-corrected chi connectivity index (χ1v) is 13.6. The largest absolute Gasteiger partial charge is 0.344 e. The van der Waals surface area contributed by atoms with Crippen LogP contribution in [0.1, 0.15) is 89.8 Å². The van der Waals surface area contributed by atoms with E-state index in [9.17, 15) is 24.0 Å². The first-order chi connectivity index (χ1) is 16.8. The van der Waals surface area contributed by atoms with E-state index < -0.39 is 41.1 Å². The molecule has 3 aliphatic rings. The van der Waals surface area contributed by atoms with Crippen LogP contribution >= 0.6 is 0 Å². The van der Waals surface area contributed by atoms with E-state index in [4.69, 9.17) is 0 Å². The normalized spacial score (nSPS) is 20.2. The van der Waals surface area contributed by atoms with Crippen molar-refractivity contribution < 1.29 is 45.4 Å². The van der Waals surface area contributed by atoms with Crippen LogP contribution in [0.3, 0.4) is 0 Å². The average molecular weight is 562 g/mol. The molecule has 0 aromatic rings. The molecule has 1 radical (unpaired) electrons. The fourth-order valence-electron chi connectivity index (χ4n) is 4.17. The molecule has 1 aliphatic carbocycles. The second-order valence-electron chi connectivity index (χ2n) is 11.8. The van der Waals surface area contributed by atoms with Gasteiger partial charge in [-0.2, -0.15) is 0 Å². The van der Waals surface area contributed by atoms with Crippen molar-refractivity contribution in [3.63, 3.8) is 0 Å². The molecule has 0 spiro atoms.